The van der Waals surface area contributed by atoms with E-state index in [0.29, 0.717) is 27.7 Å². The number of nitrogens with one attached hydrogen (secondary N) is 1. The summed E-state index contributed by atoms with van der Waals surface area (Å²) in [6, 6.07) is 8.48. The molecule has 7 heteroatoms. The van der Waals surface area contributed by atoms with Crippen molar-refractivity contribution >= 4 is 34.9 Å². The number of pyridine rings is 1. The lowest BCUT2D eigenvalue weighted by Crippen LogP contribution is -2.23. The molecule has 0 radical (unpaired) electrons. The molecule has 1 aromatic carbocycles. The predicted molar refractivity (Wildman–Crippen MR) is 96.1 cm³/mol. The zero-order valence-corrected chi connectivity index (χ0v) is 14.7. The Morgan fingerprint density at radius 3 is 2.57 bits per heavy atom. The summed E-state index contributed by atoms with van der Waals surface area (Å²) in [5.74, 6) is 0. The second-order valence-corrected chi connectivity index (χ2v) is 7.52. The topological polar surface area (TPSA) is 91.4 Å². The van der Waals surface area contributed by atoms with Crippen molar-refractivity contribution in [2.24, 2.45) is 0 Å². The molecule has 5 nitrogen and oxygen atoms in total. The van der Waals surface area contributed by atoms with E-state index in [4.69, 9.17) is 17.3 Å². The van der Waals surface area contributed by atoms with Crippen molar-refractivity contribution in [1.29, 1.82) is 0 Å². The Labute approximate surface area is 145 Å². The van der Waals surface area contributed by atoms with Gasteiger partial charge >= 0.3 is 0 Å². The summed E-state index contributed by atoms with van der Waals surface area (Å²) in [6.07, 6.45) is 1.61. The van der Waals surface area contributed by atoms with E-state index < -0.39 is 10.5 Å². The van der Waals surface area contributed by atoms with E-state index in [-0.39, 0.29) is 0 Å². The Bertz CT molecular complexity index is 702. The molecule has 0 saturated carbocycles. The molecule has 0 amide bonds. The minimum Gasteiger partial charge on any atom is -0.398 e. The molecule has 1 aromatic heterocycles. The van der Waals surface area contributed by atoms with Gasteiger partial charge in [0.05, 0.1) is 11.4 Å². The number of rotatable bonds is 5. The van der Waals surface area contributed by atoms with E-state index in [9.17, 15) is 10.2 Å². The molecule has 1 heterocycles. The monoisotopic (exact) mass is 353 g/mol. The maximum atomic E-state index is 10.7. The number of aromatic nitrogens is 1. The number of aliphatic hydroxyl groups is 2. The van der Waals surface area contributed by atoms with Gasteiger partial charge in [-0.2, -0.15) is 0 Å². The molecule has 0 saturated heterocycles. The van der Waals surface area contributed by atoms with Gasteiger partial charge in [-0.25, -0.2) is 0 Å². The van der Waals surface area contributed by atoms with Crippen LogP contribution in [0.5, 0.6) is 0 Å². The molecule has 1 unspecified atom stereocenters. The lowest BCUT2D eigenvalue weighted by atomic mass is 10.0. The molecule has 0 aliphatic heterocycles. The van der Waals surface area contributed by atoms with Crippen molar-refractivity contribution in [2.75, 3.05) is 10.5 Å². The van der Waals surface area contributed by atoms with Gasteiger partial charge in [0.1, 0.15) is 5.60 Å². The average molecular weight is 354 g/mol. The minimum atomic E-state index is -1.32. The summed E-state index contributed by atoms with van der Waals surface area (Å²) in [4.78, 5) is 2.88. The van der Waals surface area contributed by atoms with Crippen LogP contribution in [0.15, 0.2) is 36.5 Å². The van der Waals surface area contributed by atoms with Gasteiger partial charge in [0, 0.05) is 22.5 Å². The van der Waals surface area contributed by atoms with Crippen LogP contribution in [0.4, 0.5) is 11.4 Å². The molecule has 0 bridgehead atoms. The smallest absolute Gasteiger partial charge is 0.154 e. The Kier molecular flexibility index (Phi) is 5.10. The van der Waals surface area contributed by atoms with Crippen molar-refractivity contribution < 1.29 is 10.2 Å². The van der Waals surface area contributed by atoms with E-state index in [1.54, 1.807) is 57.3 Å². The van der Waals surface area contributed by atoms with Crippen LogP contribution in [-0.2, 0) is 10.5 Å². The normalized spacial score (nSPS) is 14.3. The molecule has 23 heavy (non-hydrogen) atoms. The largest absolute Gasteiger partial charge is 0.398 e. The first kappa shape index (κ1) is 17.9. The number of nitrogen functional groups attached to an aromatic ring is 1. The highest BCUT2D eigenvalue weighted by molar-refractivity contribution is 8.01. The Hall–Kier alpha value is -1.47. The number of benzene rings is 1. The van der Waals surface area contributed by atoms with Gasteiger partial charge in [0.15, 0.2) is 4.93 Å². The van der Waals surface area contributed by atoms with Gasteiger partial charge < -0.3 is 20.7 Å². The third kappa shape index (κ3) is 4.29. The molecular weight excluding hydrogens is 334 g/mol. The molecule has 0 aliphatic carbocycles. The fourth-order valence-corrected chi connectivity index (χ4v) is 3.05. The molecule has 0 spiro atoms. The second-order valence-electron chi connectivity index (χ2n) is 5.88. The molecule has 5 N–H and O–H groups in total. The molecular formula is C16H20ClN3O2S. The first-order chi connectivity index (χ1) is 10.6. The van der Waals surface area contributed by atoms with Crippen LogP contribution in [0, 0.1) is 0 Å². The first-order valence-electron chi connectivity index (χ1n) is 7.01. The summed E-state index contributed by atoms with van der Waals surface area (Å²) in [7, 11) is 0. The number of anilines is 2. The lowest BCUT2D eigenvalue weighted by molar-refractivity contribution is 0.0747. The van der Waals surface area contributed by atoms with Gasteiger partial charge in [0.25, 0.3) is 0 Å². The van der Waals surface area contributed by atoms with Crippen molar-refractivity contribution in [3.8, 4) is 0 Å². The highest BCUT2D eigenvalue weighted by Gasteiger charge is 2.29. The van der Waals surface area contributed by atoms with Crippen molar-refractivity contribution in [3.63, 3.8) is 0 Å². The summed E-state index contributed by atoms with van der Waals surface area (Å²) in [6.45, 7) is 4.92. The van der Waals surface area contributed by atoms with Crippen LogP contribution >= 0.6 is 23.5 Å². The Balaban J connectivity index is 2.25. The summed E-state index contributed by atoms with van der Waals surface area (Å²) in [5.41, 5.74) is 6.89. The van der Waals surface area contributed by atoms with Gasteiger partial charge in [-0.1, -0.05) is 11.6 Å². The molecule has 1 atom stereocenters. The second kappa shape index (κ2) is 6.57. The van der Waals surface area contributed by atoms with E-state index in [2.05, 4.69) is 9.71 Å². The third-order valence-electron chi connectivity index (χ3n) is 3.26. The number of hydrogen-bond acceptors (Lipinski definition) is 6. The SMILES string of the molecule is CC(C)(O)c1ncccc1NSC(C)(O)c1cc(Cl)ccc1N. The molecule has 0 aliphatic rings. The fraction of sp³-hybridized carbons (Fsp3) is 0.312. The average Bonchev–Trinajstić information content (AvgIpc) is 2.47. The van der Waals surface area contributed by atoms with Crippen LogP contribution in [0.25, 0.3) is 0 Å². The number of nitrogens with two attached hydrogens (primary N) is 1. The van der Waals surface area contributed by atoms with E-state index in [1.807, 2.05) is 0 Å². The van der Waals surface area contributed by atoms with Gasteiger partial charge in [-0.15, -0.1) is 0 Å². The molecule has 124 valence electrons. The highest BCUT2D eigenvalue weighted by Crippen LogP contribution is 2.39. The van der Waals surface area contributed by atoms with Crippen LogP contribution < -0.4 is 10.5 Å². The molecule has 0 fully saturated rings. The van der Waals surface area contributed by atoms with Crippen molar-refractivity contribution in [3.05, 3.63) is 52.8 Å². The highest BCUT2D eigenvalue weighted by atomic mass is 35.5. The number of halogens is 1. The fourth-order valence-electron chi connectivity index (χ4n) is 2.11. The maximum Gasteiger partial charge on any atom is 0.154 e. The van der Waals surface area contributed by atoms with E-state index >= 15 is 0 Å². The number of hydrogen-bond donors (Lipinski definition) is 4. The van der Waals surface area contributed by atoms with E-state index in [0.717, 1.165) is 11.9 Å². The van der Waals surface area contributed by atoms with Crippen molar-refractivity contribution in [1.82, 2.24) is 4.98 Å². The summed E-state index contributed by atoms with van der Waals surface area (Å²) >= 11 is 7.04. The van der Waals surface area contributed by atoms with Crippen LogP contribution in [0.2, 0.25) is 5.02 Å². The Morgan fingerprint density at radius 1 is 1.22 bits per heavy atom. The van der Waals surface area contributed by atoms with Gasteiger partial charge in [0.2, 0.25) is 0 Å². The van der Waals surface area contributed by atoms with Crippen LogP contribution in [0.1, 0.15) is 32.0 Å². The zero-order chi connectivity index (χ0) is 17.3. The van der Waals surface area contributed by atoms with Crippen molar-refractivity contribution in [2.45, 2.75) is 31.3 Å². The van der Waals surface area contributed by atoms with Gasteiger partial charge in [-0.3, -0.25) is 4.98 Å². The minimum absolute atomic E-state index is 0.447. The van der Waals surface area contributed by atoms with Crippen LogP contribution in [-0.4, -0.2) is 15.2 Å². The van der Waals surface area contributed by atoms with E-state index in [1.165, 1.54) is 0 Å². The van der Waals surface area contributed by atoms with Crippen LogP contribution in [0.3, 0.4) is 0 Å². The Morgan fingerprint density at radius 2 is 1.91 bits per heavy atom. The number of nitrogens with zero attached hydrogens (tertiary/aromatic N) is 1. The molecule has 2 rings (SSSR count). The predicted octanol–water partition coefficient (Wildman–Crippen LogP) is 3.47. The first-order valence-corrected chi connectivity index (χ1v) is 8.20. The quantitative estimate of drug-likeness (QED) is 0.374. The molecule has 2 aromatic rings. The summed E-state index contributed by atoms with van der Waals surface area (Å²) < 4.78 is 3.05. The zero-order valence-electron chi connectivity index (χ0n) is 13.2. The standard InChI is InChI=1S/C16H20ClN3O2S/c1-15(2,21)14-13(5-4-8-19-14)20-23-16(3,22)11-9-10(17)6-7-12(11)18/h4-9,20-22H,18H2,1-3H3. The third-order valence-corrected chi connectivity index (χ3v) is 4.44. The maximum absolute atomic E-state index is 10.7. The lowest BCUT2D eigenvalue weighted by Gasteiger charge is -2.27. The van der Waals surface area contributed by atoms with Gasteiger partial charge in [-0.05, 0) is 63.1 Å². The summed E-state index contributed by atoms with van der Waals surface area (Å²) in [5, 5.41) is 21.4.